The third kappa shape index (κ3) is 2.83. The van der Waals surface area contributed by atoms with Crippen LogP contribution in [0.2, 0.25) is 0 Å². The van der Waals surface area contributed by atoms with Gasteiger partial charge in [-0.3, -0.25) is 5.32 Å². The second kappa shape index (κ2) is 5.99. The van der Waals surface area contributed by atoms with Crippen molar-refractivity contribution in [2.24, 2.45) is 0 Å². The molecule has 0 bridgehead atoms. The van der Waals surface area contributed by atoms with E-state index in [1.165, 1.54) is 0 Å². The number of carbonyl (C=O) groups is 1. The van der Waals surface area contributed by atoms with E-state index in [1.807, 2.05) is 37.3 Å². The van der Waals surface area contributed by atoms with Crippen LogP contribution in [0.1, 0.15) is 25.5 Å². The van der Waals surface area contributed by atoms with Crippen LogP contribution in [0.25, 0.3) is 0 Å². The van der Waals surface area contributed by atoms with E-state index in [9.17, 15) is 4.79 Å². The van der Waals surface area contributed by atoms with Crippen molar-refractivity contribution in [1.29, 1.82) is 0 Å². The molecule has 1 aromatic carbocycles. The maximum atomic E-state index is 11.9. The maximum Gasteiger partial charge on any atom is 0.411 e. The van der Waals surface area contributed by atoms with Crippen molar-refractivity contribution in [3.05, 3.63) is 47.3 Å². The lowest BCUT2D eigenvalue weighted by Gasteiger charge is -2.29. The smallest absolute Gasteiger partial charge is 0.411 e. The largest absolute Gasteiger partial charge is 0.450 e. The van der Waals surface area contributed by atoms with E-state index >= 15 is 0 Å². The lowest BCUT2D eigenvalue weighted by molar-refractivity contribution is 0.154. The minimum absolute atomic E-state index is 0.165. The Balaban J connectivity index is 2.06. The molecule has 0 aliphatic carbocycles. The molecule has 0 radical (unpaired) electrons. The van der Waals surface area contributed by atoms with E-state index in [-0.39, 0.29) is 12.0 Å². The number of aromatic nitrogens is 3. The highest BCUT2D eigenvalue weighted by atomic mass is 16.5. The summed E-state index contributed by atoms with van der Waals surface area (Å²) in [6.07, 6.45) is -0.513. The Hall–Kier alpha value is -3.03. The molecule has 0 fully saturated rings. The first-order valence-electron chi connectivity index (χ1n) is 7.28. The summed E-state index contributed by atoms with van der Waals surface area (Å²) in [7, 11) is 0. The second-order valence-corrected chi connectivity index (χ2v) is 5.06. The molecule has 2 heterocycles. The molecule has 120 valence electrons. The standard InChI is InChI=1S/C15H18N6O2/c1-3-23-15(22)18-11-9(2)17-14-19-13(16)20-21(14)12(11)10-7-5-4-6-8-10/h4-8,12H,3H2,1-2H3,(H,18,22)(H3,16,17,19,20). The fourth-order valence-corrected chi connectivity index (χ4v) is 2.55. The van der Waals surface area contributed by atoms with Gasteiger partial charge in [0.25, 0.3) is 0 Å². The summed E-state index contributed by atoms with van der Waals surface area (Å²) in [5.74, 6) is 0.696. The number of carbonyl (C=O) groups excluding carboxylic acids is 1. The number of nitrogens with two attached hydrogens (primary N) is 1. The molecule has 1 aliphatic rings. The first-order valence-corrected chi connectivity index (χ1v) is 7.28. The highest BCUT2D eigenvalue weighted by Crippen LogP contribution is 2.33. The quantitative estimate of drug-likeness (QED) is 0.798. The minimum atomic E-state index is -0.513. The van der Waals surface area contributed by atoms with Crippen molar-refractivity contribution in [2.75, 3.05) is 17.7 Å². The highest BCUT2D eigenvalue weighted by Gasteiger charge is 2.31. The van der Waals surface area contributed by atoms with Crippen molar-refractivity contribution in [1.82, 2.24) is 20.1 Å². The summed E-state index contributed by atoms with van der Waals surface area (Å²) in [5.41, 5.74) is 8.08. The fourth-order valence-electron chi connectivity index (χ4n) is 2.55. The monoisotopic (exact) mass is 314 g/mol. The summed E-state index contributed by atoms with van der Waals surface area (Å²) < 4.78 is 6.64. The van der Waals surface area contributed by atoms with Gasteiger partial charge >= 0.3 is 6.09 Å². The van der Waals surface area contributed by atoms with Crippen molar-refractivity contribution in [3.8, 4) is 0 Å². The molecule has 0 spiro atoms. The predicted molar refractivity (Wildman–Crippen MR) is 85.5 cm³/mol. The zero-order valence-electron chi connectivity index (χ0n) is 12.9. The molecule has 1 aromatic heterocycles. The van der Waals surface area contributed by atoms with Gasteiger partial charge in [-0.05, 0) is 19.4 Å². The molecule has 23 heavy (non-hydrogen) atoms. The van der Waals surface area contributed by atoms with E-state index in [0.29, 0.717) is 18.3 Å². The molecule has 1 unspecified atom stereocenters. The van der Waals surface area contributed by atoms with E-state index < -0.39 is 6.09 Å². The van der Waals surface area contributed by atoms with Crippen molar-refractivity contribution < 1.29 is 9.53 Å². The van der Waals surface area contributed by atoms with Crippen LogP contribution < -0.4 is 16.4 Å². The summed E-state index contributed by atoms with van der Waals surface area (Å²) in [6.45, 7) is 3.90. The van der Waals surface area contributed by atoms with Crippen LogP contribution in [0.5, 0.6) is 0 Å². The molecule has 4 N–H and O–H groups in total. The van der Waals surface area contributed by atoms with Gasteiger partial charge < -0.3 is 15.8 Å². The molecule has 8 heteroatoms. The van der Waals surface area contributed by atoms with Gasteiger partial charge in [-0.15, -0.1) is 5.10 Å². The Labute approximate surface area is 133 Å². The molecule has 1 amide bonds. The van der Waals surface area contributed by atoms with Gasteiger partial charge in [0.1, 0.15) is 6.04 Å². The van der Waals surface area contributed by atoms with Crippen LogP contribution in [-0.2, 0) is 4.74 Å². The van der Waals surface area contributed by atoms with Crippen molar-refractivity contribution in [2.45, 2.75) is 19.9 Å². The van der Waals surface area contributed by atoms with Gasteiger partial charge in [0.2, 0.25) is 11.9 Å². The molecule has 0 saturated heterocycles. The number of anilines is 2. The Morgan fingerprint density at radius 3 is 2.87 bits per heavy atom. The summed E-state index contributed by atoms with van der Waals surface area (Å²) in [5, 5.41) is 10.1. The van der Waals surface area contributed by atoms with Crippen molar-refractivity contribution in [3.63, 3.8) is 0 Å². The summed E-state index contributed by atoms with van der Waals surface area (Å²) in [6, 6.07) is 9.34. The van der Waals surface area contributed by atoms with Gasteiger partial charge in [0.05, 0.1) is 12.3 Å². The minimum Gasteiger partial charge on any atom is -0.450 e. The van der Waals surface area contributed by atoms with Gasteiger partial charge in [-0.2, -0.15) is 4.98 Å². The molecule has 1 aliphatic heterocycles. The number of nitrogen functional groups attached to an aromatic ring is 1. The number of rotatable bonds is 3. The highest BCUT2D eigenvalue weighted by molar-refractivity contribution is 5.71. The molecule has 1 atom stereocenters. The Morgan fingerprint density at radius 2 is 2.17 bits per heavy atom. The van der Waals surface area contributed by atoms with E-state index in [0.717, 1.165) is 11.3 Å². The van der Waals surface area contributed by atoms with E-state index in [4.69, 9.17) is 10.5 Å². The summed E-state index contributed by atoms with van der Waals surface area (Å²) >= 11 is 0. The average molecular weight is 314 g/mol. The molecular formula is C15H18N6O2. The third-order valence-electron chi connectivity index (χ3n) is 3.50. The van der Waals surface area contributed by atoms with E-state index in [1.54, 1.807) is 11.6 Å². The number of ether oxygens (including phenoxy) is 1. The topological polar surface area (TPSA) is 107 Å². The van der Waals surface area contributed by atoms with Gasteiger partial charge in [-0.25, -0.2) is 9.48 Å². The van der Waals surface area contributed by atoms with Gasteiger partial charge in [0.15, 0.2) is 0 Å². The lowest BCUT2D eigenvalue weighted by Crippen LogP contribution is -2.35. The van der Waals surface area contributed by atoms with Gasteiger partial charge in [-0.1, -0.05) is 30.3 Å². The Morgan fingerprint density at radius 1 is 1.43 bits per heavy atom. The first-order chi connectivity index (χ1) is 11.1. The molecule has 3 rings (SSSR count). The van der Waals surface area contributed by atoms with Crippen LogP contribution >= 0.6 is 0 Å². The lowest BCUT2D eigenvalue weighted by atomic mass is 10.0. The molecular weight excluding hydrogens is 296 g/mol. The number of hydrogen-bond acceptors (Lipinski definition) is 6. The van der Waals surface area contributed by atoms with E-state index in [2.05, 4.69) is 20.7 Å². The number of fused-ring (bicyclic) bond motifs is 1. The SMILES string of the molecule is CCOC(=O)NC1=C(C)Nc2nc(N)nn2C1c1ccccc1. The van der Waals surface area contributed by atoms with Crippen LogP contribution in [0, 0.1) is 0 Å². The summed E-state index contributed by atoms with van der Waals surface area (Å²) in [4.78, 5) is 16.1. The van der Waals surface area contributed by atoms with Crippen LogP contribution in [0.4, 0.5) is 16.7 Å². The third-order valence-corrected chi connectivity index (χ3v) is 3.50. The van der Waals surface area contributed by atoms with Crippen molar-refractivity contribution >= 4 is 18.0 Å². The Bertz CT molecular complexity index is 753. The van der Waals surface area contributed by atoms with Crippen LogP contribution in [0.15, 0.2) is 41.7 Å². The van der Waals surface area contributed by atoms with Crippen LogP contribution in [-0.4, -0.2) is 27.5 Å². The number of nitrogens with zero attached hydrogens (tertiary/aromatic N) is 3. The number of hydrogen-bond donors (Lipinski definition) is 3. The zero-order valence-corrected chi connectivity index (χ0v) is 12.9. The predicted octanol–water partition coefficient (Wildman–Crippen LogP) is 1.85. The second-order valence-electron chi connectivity index (χ2n) is 5.06. The van der Waals surface area contributed by atoms with Gasteiger partial charge in [0, 0.05) is 5.70 Å². The number of allylic oxidation sites excluding steroid dienone is 2. The normalized spacial score (nSPS) is 16.5. The fraction of sp³-hybridized carbons (Fsp3) is 0.267. The zero-order chi connectivity index (χ0) is 16.4. The number of nitrogens with one attached hydrogen (secondary N) is 2. The molecule has 8 nitrogen and oxygen atoms in total. The number of benzene rings is 1. The average Bonchev–Trinajstić information content (AvgIpc) is 2.88. The first kappa shape index (κ1) is 14.9. The number of alkyl carbamates (subject to hydrolysis) is 1. The molecule has 0 saturated carbocycles. The molecule has 2 aromatic rings. The van der Waals surface area contributed by atoms with Crippen LogP contribution in [0.3, 0.4) is 0 Å². The number of amides is 1. The Kier molecular flexibility index (Phi) is 3.88. The maximum absolute atomic E-state index is 11.9.